The lowest BCUT2D eigenvalue weighted by molar-refractivity contribution is -0.354. The summed E-state index contributed by atoms with van der Waals surface area (Å²) in [5, 5.41) is 1.51. The Hall–Kier alpha value is -1.06. The second-order valence-electron chi connectivity index (χ2n) is 3.02. The Morgan fingerprint density at radius 3 is 2.57 bits per heavy atom. The molecule has 2 nitrogen and oxygen atoms in total. The van der Waals surface area contributed by atoms with Crippen LogP contribution in [0.15, 0.2) is 30.5 Å². The molecule has 0 saturated heterocycles. The molecule has 0 bridgehead atoms. The van der Waals surface area contributed by atoms with Crippen molar-refractivity contribution >= 4 is 28.1 Å². The largest absolute Gasteiger partial charge is 0.329 e. The van der Waals surface area contributed by atoms with Crippen molar-refractivity contribution in [1.82, 2.24) is 0 Å². The molecule has 0 aliphatic rings. The number of nitrogens with one attached hydrogen (secondary N) is 1. The zero-order chi connectivity index (χ0) is 9.97. The maximum Gasteiger partial charge on any atom is 0.329 e. The SMILES string of the molecule is Nc1[nH+]cc(Cc2ccc(Cl)cc2)s1. The summed E-state index contributed by atoms with van der Waals surface area (Å²) in [6, 6.07) is 7.85. The van der Waals surface area contributed by atoms with E-state index in [0.29, 0.717) is 0 Å². The number of thiazole rings is 1. The van der Waals surface area contributed by atoms with Gasteiger partial charge in [-0.1, -0.05) is 35.1 Å². The highest BCUT2D eigenvalue weighted by atomic mass is 35.5. The van der Waals surface area contributed by atoms with Gasteiger partial charge in [-0.15, -0.1) is 0 Å². The van der Waals surface area contributed by atoms with Crippen molar-refractivity contribution in [1.29, 1.82) is 0 Å². The molecule has 4 heteroatoms. The average molecular weight is 226 g/mol. The maximum absolute atomic E-state index is 5.80. The summed E-state index contributed by atoms with van der Waals surface area (Å²) in [5.41, 5.74) is 6.84. The van der Waals surface area contributed by atoms with Crippen LogP contribution in [0.4, 0.5) is 5.13 Å². The van der Waals surface area contributed by atoms with E-state index in [1.54, 1.807) is 11.3 Å². The van der Waals surface area contributed by atoms with Gasteiger partial charge in [0.15, 0.2) is 0 Å². The van der Waals surface area contributed by atoms with Crippen molar-refractivity contribution in [3.8, 4) is 0 Å². The van der Waals surface area contributed by atoms with Crippen molar-refractivity contribution in [2.75, 3.05) is 5.73 Å². The number of aromatic nitrogens is 1. The lowest BCUT2D eigenvalue weighted by atomic mass is 10.1. The van der Waals surface area contributed by atoms with E-state index in [2.05, 4.69) is 4.98 Å². The molecule has 0 saturated carbocycles. The normalized spacial score (nSPS) is 10.4. The molecule has 0 spiro atoms. The first-order valence-electron chi connectivity index (χ1n) is 4.24. The van der Waals surface area contributed by atoms with E-state index in [1.807, 2.05) is 30.5 Å². The van der Waals surface area contributed by atoms with Gasteiger partial charge in [0.05, 0.1) is 4.88 Å². The molecule has 3 N–H and O–H groups in total. The van der Waals surface area contributed by atoms with Gasteiger partial charge in [-0.25, -0.2) is 4.98 Å². The van der Waals surface area contributed by atoms with Crippen LogP contribution in [0.25, 0.3) is 0 Å². The first-order valence-corrected chi connectivity index (χ1v) is 5.44. The van der Waals surface area contributed by atoms with Crippen molar-refractivity contribution in [3.05, 3.63) is 45.9 Å². The molecule has 2 aromatic rings. The molecular formula is C10H10ClN2S+. The fraction of sp³-hybridized carbons (Fsp3) is 0.100. The monoisotopic (exact) mass is 225 g/mol. The zero-order valence-corrected chi connectivity index (χ0v) is 9.03. The zero-order valence-electron chi connectivity index (χ0n) is 7.46. The highest BCUT2D eigenvalue weighted by Gasteiger charge is 2.03. The molecule has 0 aliphatic carbocycles. The summed E-state index contributed by atoms with van der Waals surface area (Å²) >= 11 is 7.37. The number of aromatic amines is 1. The van der Waals surface area contributed by atoms with Crippen molar-refractivity contribution in [3.63, 3.8) is 0 Å². The molecule has 1 aromatic carbocycles. The third kappa shape index (κ3) is 2.25. The second kappa shape index (κ2) is 3.98. The van der Waals surface area contributed by atoms with E-state index in [4.69, 9.17) is 17.3 Å². The van der Waals surface area contributed by atoms with Crippen LogP contribution in [-0.4, -0.2) is 0 Å². The van der Waals surface area contributed by atoms with Crippen LogP contribution in [0.2, 0.25) is 5.02 Å². The number of halogens is 1. The molecule has 0 atom stereocenters. The van der Waals surface area contributed by atoms with Crippen LogP contribution in [-0.2, 0) is 6.42 Å². The molecule has 72 valence electrons. The van der Waals surface area contributed by atoms with Crippen LogP contribution >= 0.6 is 22.9 Å². The number of nitrogens with two attached hydrogens (primary N) is 1. The Labute approximate surface area is 91.4 Å². The fourth-order valence-electron chi connectivity index (χ4n) is 1.24. The van der Waals surface area contributed by atoms with Gasteiger partial charge in [-0.2, -0.15) is 0 Å². The van der Waals surface area contributed by atoms with E-state index < -0.39 is 0 Å². The number of nitrogen functional groups attached to an aromatic ring is 1. The van der Waals surface area contributed by atoms with Gasteiger partial charge in [0.1, 0.15) is 6.20 Å². The molecule has 1 heterocycles. The lowest BCUT2D eigenvalue weighted by Gasteiger charge is -1.96. The van der Waals surface area contributed by atoms with Crippen LogP contribution in [0, 0.1) is 0 Å². The Morgan fingerprint density at radius 2 is 2.00 bits per heavy atom. The number of anilines is 1. The number of benzene rings is 1. The smallest absolute Gasteiger partial charge is 0.278 e. The van der Waals surface area contributed by atoms with Crippen molar-refractivity contribution in [2.45, 2.75) is 6.42 Å². The number of hydrogen-bond donors (Lipinski definition) is 1. The first-order chi connectivity index (χ1) is 6.74. The molecule has 1 aromatic heterocycles. The summed E-state index contributed by atoms with van der Waals surface area (Å²) in [5.74, 6) is 0. The Balaban J connectivity index is 2.15. The van der Waals surface area contributed by atoms with E-state index in [9.17, 15) is 0 Å². The summed E-state index contributed by atoms with van der Waals surface area (Å²) in [6.07, 6.45) is 2.84. The van der Waals surface area contributed by atoms with Crippen LogP contribution < -0.4 is 10.7 Å². The maximum atomic E-state index is 5.80. The quantitative estimate of drug-likeness (QED) is 0.838. The molecule has 0 amide bonds. The van der Waals surface area contributed by atoms with Gasteiger partial charge in [0, 0.05) is 11.4 Å². The van der Waals surface area contributed by atoms with Gasteiger partial charge in [0.25, 0.3) is 0 Å². The topological polar surface area (TPSA) is 40.2 Å². The summed E-state index contributed by atoms with van der Waals surface area (Å²) in [4.78, 5) is 4.20. The number of hydrogen-bond acceptors (Lipinski definition) is 2. The molecule has 0 aliphatic heterocycles. The summed E-state index contributed by atoms with van der Waals surface area (Å²) in [6.45, 7) is 0. The predicted molar refractivity (Wildman–Crippen MR) is 59.5 cm³/mol. The third-order valence-corrected chi connectivity index (χ3v) is 3.02. The summed E-state index contributed by atoms with van der Waals surface area (Å²) < 4.78 is 0. The molecule has 0 radical (unpaired) electrons. The van der Waals surface area contributed by atoms with Crippen LogP contribution in [0.1, 0.15) is 10.4 Å². The minimum absolute atomic E-state index is 0.744. The number of H-pyrrole nitrogens is 1. The Morgan fingerprint density at radius 1 is 1.29 bits per heavy atom. The highest BCUT2D eigenvalue weighted by molar-refractivity contribution is 7.14. The van der Waals surface area contributed by atoms with Crippen LogP contribution in [0.5, 0.6) is 0 Å². The lowest BCUT2D eigenvalue weighted by Crippen LogP contribution is -2.01. The minimum Gasteiger partial charge on any atom is -0.278 e. The third-order valence-electron chi connectivity index (χ3n) is 1.91. The van der Waals surface area contributed by atoms with Crippen molar-refractivity contribution in [2.24, 2.45) is 0 Å². The van der Waals surface area contributed by atoms with E-state index >= 15 is 0 Å². The summed E-state index contributed by atoms with van der Waals surface area (Å²) in [7, 11) is 0. The Bertz CT molecular complexity index is 422. The molecule has 0 fully saturated rings. The fourth-order valence-corrected chi connectivity index (χ4v) is 2.13. The van der Waals surface area contributed by atoms with Gasteiger partial charge in [0.2, 0.25) is 0 Å². The first kappa shape index (κ1) is 9.49. The van der Waals surface area contributed by atoms with Gasteiger partial charge in [-0.05, 0) is 17.7 Å². The number of rotatable bonds is 2. The second-order valence-corrected chi connectivity index (χ2v) is 4.63. The molecular weight excluding hydrogens is 216 g/mol. The highest BCUT2D eigenvalue weighted by Crippen LogP contribution is 2.17. The van der Waals surface area contributed by atoms with Gasteiger partial charge < -0.3 is 0 Å². The van der Waals surface area contributed by atoms with E-state index in [1.165, 1.54) is 10.4 Å². The van der Waals surface area contributed by atoms with Gasteiger partial charge in [-0.3, -0.25) is 5.73 Å². The van der Waals surface area contributed by atoms with E-state index in [0.717, 1.165) is 16.6 Å². The molecule has 14 heavy (non-hydrogen) atoms. The molecule has 2 rings (SSSR count). The standard InChI is InChI=1S/C10H9ClN2S/c11-8-3-1-7(2-4-8)5-9-6-13-10(12)14-9/h1-4,6H,5H2,(H2,12,13)/p+1. The predicted octanol–water partition coefficient (Wildman–Crippen LogP) is 2.39. The molecule has 0 unspecified atom stereocenters. The average Bonchev–Trinajstić information content (AvgIpc) is 2.56. The van der Waals surface area contributed by atoms with E-state index in [-0.39, 0.29) is 0 Å². The Kier molecular flexibility index (Phi) is 2.70. The minimum atomic E-state index is 0.744. The van der Waals surface area contributed by atoms with Crippen molar-refractivity contribution < 1.29 is 4.98 Å². The van der Waals surface area contributed by atoms with Crippen LogP contribution in [0.3, 0.4) is 0 Å². The van der Waals surface area contributed by atoms with Gasteiger partial charge >= 0.3 is 5.13 Å².